The molecule has 0 spiro atoms. The van der Waals surface area contributed by atoms with E-state index in [9.17, 15) is 9.59 Å². The lowest BCUT2D eigenvalue weighted by atomic mass is 10.1. The Morgan fingerprint density at radius 3 is 1.29 bits per heavy atom. The van der Waals surface area contributed by atoms with Crippen molar-refractivity contribution in [3.05, 3.63) is 107 Å². The van der Waals surface area contributed by atoms with Gasteiger partial charge in [-0.2, -0.15) is 0 Å². The van der Waals surface area contributed by atoms with Crippen molar-refractivity contribution >= 4 is 24.0 Å². The highest BCUT2D eigenvalue weighted by Gasteiger charge is 2.21. The van der Waals surface area contributed by atoms with Gasteiger partial charge >= 0.3 is 0 Å². The number of aryl methyl sites for hydroxylation is 2. The minimum Gasteiger partial charge on any atom is -0.337 e. The van der Waals surface area contributed by atoms with E-state index in [1.807, 2.05) is 46.3 Å². The highest BCUT2D eigenvalue weighted by Crippen LogP contribution is 2.09. The number of allylic oxidation sites excluding steroid dienone is 4. The van der Waals surface area contributed by atoms with Gasteiger partial charge in [-0.05, 0) is 44.5 Å². The second-order valence-electron chi connectivity index (χ2n) is 10.9. The summed E-state index contributed by atoms with van der Waals surface area (Å²) in [7, 11) is 0. The topological polar surface area (TPSA) is 47.1 Å². The molecule has 0 radical (unpaired) electrons. The van der Waals surface area contributed by atoms with Crippen molar-refractivity contribution in [2.24, 2.45) is 0 Å². The molecule has 216 valence electrons. The number of carbonyl (C=O) groups excluding carboxylic acids is 2. The molecule has 2 aliphatic rings. The predicted octanol–water partition coefficient (Wildman–Crippen LogP) is 4.82. The second kappa shape index (κ2) is 15.9. The molecule has 0 unspecified atom stereocenters. The minimum atomic E-state index is 0.0859. The van der Waals surface area contributed by atoms with Gasteiger partial charge in [0, 0.05) is 64.5 Å². The van der Waals surface area contributed by atoms with Crippen LogP contribution in [0.15, 0.2) is 85.0 Å². The van der Waals surface area contributed by atoms with Crippen LogP contribution in [-0.2, 0) is 9.59 Å². The third-order valence-electron chi connectivity index (χ3n) is 7.75. The zero-order chi connectivity index (χ0) is 28.9. The molecule has 0 bridgehead atoms. The second-order valence-corrected chi connectivity index (χ2v) is 10.9. The van der Waals surface area contributed by atoms with Gasteiger partial charge < -0.3 is 9.80 Å². The van der Waals surface area contributed by atoms with Gasteiger partial charge in [0.2, 0.25) is 11.8 Å². The minimum absolute atomic E-state index is 0.0859. The predicted molar refractivity (Wildman–Crippen MR) is 169 cm³/mol. The Hall–Kier alpha value is -3.74. The van der Waals surface area contributed by atoms with Crippen molar-refractivity contribution in [3.63, 3.8) is 0 Å². The van der Waals surface area contributed by atoms with Crippen LogP contribution in [0, 0.1) is 13.8 Å². The summed E-state index contributed by atoms with van der Waals surface area (Å²) in [5, 5.41) is 0. The molecule has 41 heavy (non-hydrogen) atoms. The number of amides is 2. The first-order valence-corrected chi connectivity index (χ1v) is 14.8. The number of piperazine rings is 2. The van der Waals surface area contributed by atoms with Gasteiger partial charge in [0.25, 0.3) is 0 Å². The Kier molecular flexibility index (Phi) is 11.7. The van der Waals surface area contributed by atoms with E-state index >= 15 is 0 Å². The van der Waals surface area contributed by atoms with Gasteiger partial charge in [-0.3, -0.25) is 19.4 Å². The smallest absolute Gasteiger partial charge is 0.246 e. The molecule has 6 heteroatoms. The fraction of sp³-hybridized carbons (Fsp3) is 0.371. The van der Waals surface area contributed by atoms with Crippen molar-refractivity contribution in [2.45, 2.75) is 20.3 Å². The van der Waals surface area contributed by atoms with E-state index in [1.165, 1.54) is 11.1 Å². The van der Waals surface area contributed by atoms with Gasteiger partial charge in [0.05, 0.1) is 0 Å². The van der Waals surface area contributed by atoms with E-state index in [4.69, 9.17) is 0 Å². The zero-order valence-electron chi connectivity index (χ0n) is 24.6. The van der Waals surface area contributed by atoms with Crippen molar-refractivity contribution in [2.75, 3.05) is 65.4 Å². The van der Waals surface area contributed by atoms with Crippen LogP contribution in [0.1, 0.15) is 28.7 Å². The van der Waals surface area contributed by atoms with Crippen LogP contribution in [0.5, 0.6) is 0 Å². The molecular weight excluding hydrogens is 508 g/mol. The molecular formula is C35H44N4O2. The van der Waals surface area contributed by atoms with E-state index in [1.54, 1.807) is 12.2 Å². The van der Waals surface area contributed by atoms with E-state index in [0.717, 1.165) is 83.0 Å². The van der Waals surface area contributed by atoms with Crippen LogP contribution < -0.4 is 0 Å². The summed E-state index contributed by atoms with van der Waals surface area (Å²) >= 11 is 0. The summed E-state index contributed by atoms with van der Waals surface area (Å²) in [5.41, 5.74) is 4.74. The standard InChI is InChI=1S/C35H44N4O2/c1-30-12-16-32(17-13-30)8-3-5-10-34(40)38-26-22-36(23-27-38)20-7-21-37-24-28-39(29-25-37)35(41)11-6-4-9-33-18-14-31(2)15-19-33/h3-6,8-19H,7,20-29H2,1-2H3/b8-3+,9-4+,10-5+,11-6+. The molecule has 6 nitrogen and oxygen atoms in total. The maximum atomic E-state index is 12.5. The van der Waals surface area contributed by atoms with Crippen LogP contribution in [0.2, 0.25) is 0 Å². The van der Waals surface area contributed by atoms with Crippen LogP contribution in [0.25, 0.3) is 12.2 Å². The van der Waals surface area contributed by atoms with Crippen LogP contribution in [0.4, 0.5) is 0 Å². The number of rotatable bonds is 10. The first kappa shape index (κ1) is 30.2. The number of hydrogen-bond donors (Lipinski definition) is 0. The van der Waals surface area contributed by atoms with Crippen molar-refractivity contribution in [3.8, 4) is 0 Å². The monoisotopic (exact) mass is 552 g/mol. The first-order chi connectivity index (χ1) is 20.0. The molecule has 2 aromatic carbocycles. The Labute approximate surface area is 245 Å². The summed E-state index contributed by atoms with van der Waals surface area (Å²) in [6.45, 7) is 13.0. The Balaban J connectivity index is 1.06. The molecule has 2 fully saturated rings. The summed E-state index contributed by atoms with van der Waals surface area (Å²) in [4.78, 5) is 33.9. The van der Waals surface area contributed by atoms with E-state index < -0.39 is 0 Å². The average molecular weight is 553 g/mol. The summed E-state index contributed by atoms with van der Waals surface area (Å²) in [6, 6.07) is 16.7. The molecule has 2 saturated heterocycles. The molecule has 0 aromatic heterocycles. The highest BCUT2D eigenvalue weighted by atomic mass is 16.2. The van der Waals surface area contributed by atoms with Crippen LogP contribution >= 0.6 is 0 Å². The Bertz CT molecular complexity index is 1130. The molecule has 0 aliphatic carbocycles. The molecule has 2 amide bonds. The lowest BCUT2D eigenvalue weighted by Gasteiger charge is -2.36. The van der Waals surface area contributed by atoms with Gasteiger partial charge in [-0.25, -0.2) is 0 Å². The molecule has 0 atom stereocenters. The highest BCUT2D eigenvalue weighted by molar-refractivity contribution is 5.88. The summed E-state index contributed by atoms with van der Waals surface area (Å²) in [6.07, 6.45) is 16.0. The number of carbonyl (C=O) groups is 2. The molecule has 0 saturated carbocycles. The normalized spacial score (nSPS) is 17.5. The summed E-state index contributed by atoms with van der Waals surface area (Å²) in [5.74, 6) is 0.172. The van der Waals surface area contributed by atoms with Gasteiger partial charge in [0.1, 0.15) is 0 Å². The SMILES string of the molecule is Cc1ccc(/C=C/C=C/C(=O)N2CCN(CCCN3CCN(C(=O)/C=C/C=C/c4ccc(C)cc4)CC3)CC2)cc1. The number of benzene rings is 2. The lowest BCUT2D eigenvalue weighted by molar-refractivity contribution is -0.128. The van der Waals surface area contributed by atoms with E-state index in [2.05, 4.69) is 72.2 Å². The summed E-state index contributed by atoms with van der Waals surface area (Å²) < 4.78 is 0. The van der Waals surface area contributed by atoms with Gasteiger partial charge in [-0.1, -0.05) is 96.1 Å². The first-order valence-electron chi connectivity index (χ1n) is 14.8. The third kappa shape index (κ3) is 10.3. The maximum Gasteiger partial charge on any atom is 0.246 e. The zero-order valence-corrected chi connectivity index (χ0v) is 24.6. The average Bonchev–Trinajstić information content (AvgIpc) is 3.00. The molecule has 2 aromatic rings. The molecule has 0 N–H and O–H groups in total. The number of nitrogens with zero attached hydrogens (tertiary/aromatic N) is 4. The van der Waals surface area contributed by atoms with Crippen LogP contribution in [-0.4, -0.2) is 96.9 Å². The Morgan fingerprint density at radius 1 is 0.561 bits per heavy atom. The van der Waals surface area contributed by atoms with Gasteiger partial charge in [0.15, 0.2) is 0 Å². The lowest BCUT2D eigenvalue weighted by Crippen LogP contribution is -2.50. The fourth-order valence-electron chi connectivity index (χ4n) is 5.08. The van der Waals surface area contributed by atoms with E-state index in [0.29, 0.717) is 0 Å². The number of hydrogen-bond acceptors (Lipinski definition) is 4. The largest absolute Gasteiger partial charge is 0.337 e. The maximum absolute atomic E-state index is 12.5. The Morgan fingerprint density at radius 2 is 0.927 bits per heavy atom. The van der Waals surface area contributed by atoms with Gasteiger partial charge in [-0.15, -0.1) is 0 Å². The van der Waals surface area contributed by atoms with E-state index in [-0.39, 0.29) is 11.8 Å². The fourth-order valence-corrected chi connectivity index (χ4v) is 5.08. The van der Waals surface area contributed by atoms with Crippen molar-refractivity contribution in [1.29, 1.82) is 0 Å². The van der Waals surface area contributed by atoms with Crippen molar-refractivity contribution < 1.29 is 9.59 Å². The molecule has 2 heterocycles. The third-order valence-corrected chi connectivity index (χ3v) is 7.75. The quantitative estimate of drug-likeness (QED) is 0.313. The molecule has 2 aliphatic heterocycles. The van der Waals surface area contributed by atoms with Crippen LogP contribution in [0.3, 0.4) is 0 Å². The molecule has 4 rings (SSSR count). The van der Waals surface area contributed by atoms with Crippen molar-refractivity contribution in [1.82, 2.24) is 19.6 Å².